The molecular weight excluding hydrogens is 393 g/mol. The largest absolute Gasteiger partial charge is 0.320 e. The molecule has 0 saturated carbocycles. The topological polar surface area (TPSA) is 12.0 Å². The molecule has 1 aromatic heterocycles. The first-order chi connectivity index (χ1) is 13.1. The zero-order chi connectivity index (χ0) is 20.2. The van der Waals surface area contributed by atoms with E-state index in [0.29, 0.717) is 16.0 Å². The molecule has 1 aliphatic carbocycles. The molecule has 1 aliphatic rings. The smallest absolute Gasteiger partial charge is 0.0595 e. The van der Waals surface area contributed by atoms with Gasteiger partial charge in [0, 0.05) is 4.88 Å². The first kappa shape index (κ1) is 24.2. The molecule has 0 aliphatic heterocycles. The molecule has 150 valence electrons. The van der Waals surface area contributed by atoms with Gasteiger partial charge in [-0.2, -0.15) is 0 Å². The summed E-state index contributed by atoms with van der Waals surface area (Å²) in [6, 6.07) is 5.84. The van der Waals surface area contributed by atoms with E-state index >= 15 is 0 Å². The molecule has 1 aromatic carbocycles. The zero-order valence-corrected chi connectivity index (χ0v) is 19.6. The molecule has 2 aromatic rings. The molecule has 1 unspecified atom stereocenters. The van der Waals surface area contributed by atoms with Crippen LogP contribution in [0.4, 0.5) is 0 Å². The van der Waals surface area contributed by atoms with E-state index in [1.807, 2.05) is 50.4 Å². The van der Waals surface area contributed by atoms with Gasteiger partial charge in [0.05, 0.1) is 10.0 Å². The maximum Gasteiger partial charge on any atom is 0.0595 e. The van der Waals surface area contributed by atoms with Gasteiger partial charge in [-0.1, -0.05) is 63.0 Å². The lowest BCUT2D eigenvalue weighted by atomic mass is 9.98. The summed E-state index contributed by atoms with van der Waals surface area (Å²) < 4.78 is 0. The fourth-order valence-electron chi connectivity index (χ4n) is 2.92. The van der Waals surface area contributed by atoms with Gasteiger partial charge in [-0.25, -0.2) is 0 Å². The van der Waals surface area contributed by atoms with Crippen LogP contribution in [-0.4, -0.2) is 13.6 Å². The van der Waals surface area contributed by atoms with Crippen molar-refractivity contribution in [3.8, 4) is 0 Å². The van der Waals surface area contributed by atoms with Gasteiger partial charge in [0.2, 0.25) is 0 Å². The lowest BCUT2D eigenvalue weighted by molar-refractivity contribution is 0.636. The number of thiophene rings is 1. The number of allylic oxidation sites excluding steroid dienone is 1. The SMILES string of the molecule is CC.CCc1csc2c1CCC=C2.CNCCC(C)c1ccc(Cl)c(Cl)c1. The third kappa shape index (κ3) is 7.62. The average Bonchev–Trinajstić information content (AvgIpc) is 3.13. The first-order valence-electron chi connectivity index (χ1n) is 9.92. The van der Waals surface area contributed by atoms with E-state index in [0.717, 1.165) is 13.0 Å². The second-order valence-corrected chi connectivity index (χ2v) is 8.09. The minimum Gasteiger partial charge on any atom is -0.320 e. The Hall–Kier alpha value is -0.800. The highest BCUT2D eigenvalue weighted by Crippen LogP contribution is 2.29. The number of rotatable bonds is 5. The molecule has 3 rings (SSSR count). The fourth-order valence-corrected chi connectivity index (χ4v) is 4.35. The summed E-state index contributed by atoms with van der Waals surface area (Å²) in [6.07, 6.45) is 9.34. The standard InChI is InChI=1S/C11H15Cl2N.C10H12S.C2H6/c1-8(5-6-14-2)9-3-4-10(12)11(13)7-9;1-2-8-7-11-10-6-4-3-5-9(8)10;1-2/h3-4,7-8,14H,5-6H2,1-2H3;4,6-7H,2-3,5H2,1H3;1-2H3. The highest BCUT2D eigenvalue weighted by atomic mass is 35.5. The molecule has 1 N–H and O–H groups in total. The van der Waals surface area contributed by atoms with Crippen LogP contribution in [-0.2, 0) is 12.8 Å². The monoisotopic (exact) mass is 425 g/mol. The van der Waals surface area contributed by atoms with Crippen molar-refractivity contribution in [2.75, 3.05) is 13.6 Å². The minimum absolute atomic E-state index is 0.511. The summed E-state index contributed by atoms with van der Waals surface area (Å²) in [6.45, 7) is 9.44. The summed E-state index contributed by atoms with van der Waals surface area (Å²) in [5.41, 5.74) is 4.42. The van der Waals surface area contributed by atoms with E-state index in [4.69, 9.17) is 23.2 Å². The Kier molecular flexibility index (Phi) is 12.0. The molecule has 1 atom stereocenters. The Morgan fingerprint density at radius 3 is 2.56 bits per heavy atom. The zero-order valence-electron chi connectivity index (χ0n) is 17.2. The van der Waals surface area contributed by atoms with Gasteiger partial charge in [-0.05, 0) is 85.5 Å². The van der Waals surface area contributed by atoms with Crippen molar-refractivity contribution in [3.05, 3.63) is 61.3 Å². The number of fused-ring (bicyclic) bond motifs is 1. The molecule has 0 amide bonds. The Balaban J connectivity index is 0.000000252. The lowest BCUT2D eigenvalue weighted by Gasteiger charge is -2.12. The Morgan fingerprint density at radius 1 is 1.19 bits per heavy atom. The number of halogens is 2. The Bertz CT molecular complexity index is 706. The molecule has 1 heterocycles. The summed E-state index contributed by atoms with van der Waals surface area (Å²) in [5, 5.41) is 6.70. The number of hydrogen-bond acceptors (Lipinski definition) is 2. The van der Waals surface area contributed by atoms with Gasteiger partial charge < -0.3 is 5.32 Å². The van der Waals surface area contributed by atoms with E-state index in [9.17, 15) is 0 Å². The fraction of sp³-hybridized carbons (Fsp3) is 0.478. The highest BCUT2D eigenvalue weighted by Gasteiger charge is 2.10. The first-order valence-corrected chi connectivity index (χ1v) is 11.6. The van der Waals surface area contributed by atoms with Crippen molar-refractivity contribution in [3.63, 3.8) is 0 Å². The van der Waals surface area contributed by atoms with Crippen molar-refractivity contribution < 1.29 is 0 Å². The van der Waals surface area contributed by atoms with Crippen molar-refractivity contribution in [1.82, 2.24) is 5.32 Å². The van der Waals surface area contributed by atoms with Crippen LogP contribution in [0.1, 0.15) is 68.0 Å². The lowest BCUT2D eigenvalue weighted by Crippen LogP contribution is -2.10. The predicted octanol–water partition coefficient (Wildman–Crippen LogP) is 8.00. The molecule has 0 fully saturated rings. The van der Waals surface area contributed by atoms with Crippen molar-refractivity contribution in [1.29, 1.82) is 0 Å². The number of benzene rings is 1. The Labute approximate surface area is 179 Å². The second kappa shape index (κ2) is 13.4. The minimum atomic E-state index is 0.511. The van der Waals surface area contributed by atoms with Gasteiger partial charge in [-0.15, -0.1) is 11.3 Å². The molecule has 27 heavy (non-hydrogen) atoms. The normalized spacial score (nSPS) is 13.0. The summed E-state index contributed by atoms with van der Waals surface area (Å²) in [7, 11) is 1.96. The van der Waals surface area contributed by atoms with Gasteiger partial charge in [0.25, 0.3) is 0 Å². The van der Waals surface area contributed by atoms with E-state index < -0.39 is 0 Å². The summed E-state index contributed by atoms with van der Waals surface area (Å²) in [5.74, 6) is 0.511. The molecule has 1 nitrogen and oxygen atoms in total. The van der Waals surface area contributed by atoms with E-state index in [-0.39, 0.29) is 0 Å². The molecule has 0 radical (unpaired) electrons. The van der Waals surface area contributed by atoms with E-state index in [1.165, 1.54) is 29.7 Å². The summed E-state index contributed by atoms with van der Waals surface area (Å²) in [4.78, 5) is 1.49. The average molecular weight is 426 g/mol. The van der Waals surface area contributed by atoms with Crippen LogP contribution in [0.15, 0.2) is 29.7 Å². The number of nitrogens with one attached hydrogen (secondary N) is 1. The molecular formula is C23H33Cl2NS. The molecule has 0 saturated heterocycles. The third-order valence-corrected chi connectivity index (χ3v) is 6.34. The van der Waals surface area contributed by atoms with Crippen LogP contribution in [0.5, 0.6) is 0 Å². The summed E-state index contributed by atoms with van der Waals surface area (Å²) >= 11 is 13.7. The van der Waals surface area contributed by atoms with Crippen LogP contribution < -0.4 is 5.32 Å². The van der Waals surface area contributed by atoms with Gasteiger partial charge in [0.1, 0.15) is 0 Å². The number of hydrogen-bond donors (Lipinski definition) is 1. The van der Waals surface area contributed by atoms with Crippen LogP contribution in [0.2, 0.25) is 10.0 Å². The van der Waals surface area contributed by atoms with Crippen molar-refractivity contribution in [2.45, 2.75) is 59.3 Å². The van der Waals surface area contributed by atoms with Crippen LogP contribution in [0.25, 0.3) is 6.08 Å². The quantitative estimate of drug-likeness (QED) is 0.511. The van der Waals surface area contributed by atoms with E-state index in [1.54, 1.807) is 11.1 Å². The molecule has 4 heteroatoms. The maximum atomic E-state index is 5.94. The third-order valence-electron chi connectivity index (χ3n) is 4.56. The van der Waals surface area contributed by atoms with Gasteiger partial charge >= 0.3 is 0 Å². The van der Waals surface area contributed by atoms with Gasteiger partial charge in [-0.3, -0.25) is 0 Å². The highest BCUT2D eigenvalue weighted by molar-refractivity contribution is 7.11. The van der Waals surface area contributed by atoms with Crippen molar-refractivity contribution >= 4 is 40.6 Å². The van der Waals surface area contributed by atoms with E-state index in [2.05, 4.69) is 36.7 Å². The Morgan fingerprint density at radius 2 is 1.93 bits per heavy atom. The maximum absolute atomic E-state index is 5.94. The van der Waals surface area contributed by atoms with Crippen molar-refractivity contribution in [2.24, 2.45) is 0 Å². The number of aryl methyl sites for hydroxylation is 1. The van der Waals surface area contributed by atoms with Crippen LogP contribution >= 0.6 is 34.5 Å². The second-order valence-electron chi connectivity index (χ2n) is 6.37. The van der Waals surface area contributed by atoms with Crippen LogP contribution in [0.3, 0.4) is 0 Å². The predicted molar refractivity (Wildman–Crippen MR) is 126 cm³/mol. The molecule has 0 bridgehead atoms. The molecule has 0 spiro atoms. The van der Waals surface area contributed by atoms with Crippen LogP contribution in [0, 0.1) is 0 Å². The van der Waals surface area contributed by atoms with Gasteiger partial charge in [0.15, 0.2) is 0 Å².